The van der Waals surface area contributed by atoms with Crippen LogP contribution in [0.4, 0.5) is 0 Å². The summed E-state index contributed by atoms with van der Waals surface area (Å²) < 4.78 is 5.03. The first-order valence-corrected chi connectivity index (χ1v) is 6.64. The summed E-state index contributed by atoms with van der Waals surface area (Å²) >= 11 is 0. The zero-order valence-corrected chi connectivity index (χ0v) is 12.0. The van der Waals surface area contributed by atoms with Gasteiger partial charge in [0.2, 0.25) is 5.91 Å². The zero-order valence-electron chi connectivity index (χ0n) is 12.0. The quantitative estimate of drug-likeness (QED) is 0.791. The van der Waals surface area contributed by atoms with Gasteiger partial charge in [0.1, 0.15) is 0 Å². The van der Waals surface area contributed by atoms with Crippen LogP contribution in [0.2, 0.25) is 0 Å². The monoisotopic (exact) mass is 264 g/mol. The molecule has 0 bridgehead atoms. The first-order valence-electron chi connectivity index (χ1n) is 6.64. The van der Waals surface area contributed by atoms with Crippen molar-refractivity contribution in [3.8, 4) is 0 Å². The van der Waals surface area contributed by atoms with Crippen LogP contribution in [0.5, 0.6) is 0 Å². The Balaban J connectivity index is 2.48. The number of methoxy groups -OCH3 is 1. The Kier molecular flexibility index (Phi) is 6.53. The highest BCUT2D eigenvalue weighted by molar-refractivity contribution is 5.76. The molecule has 0 radical (unpaired) electrons. The summed E-state index contributed by atoms with van der Waals surface area (Å²) in [6, 6.07) is 8.00. The lowest BCUT2D eigenvalue weighted by molar-refractivity contribution is -0.122. The Morgan fingerprint density at radius 3 is 2.47 bits per heavy atom. The second-order valence-electron chi connectivity index (χ2n) is 5.00. The van der Waals surface area contributed by atoms with E-state index in [1.807, 2.05) is 38.1 Å². The van der Waals surface area contributed by atoms with E-state index in [1.54, 1.807) is 7.11 Å². The number of benzene rings is 1. The molecule has 2 unspecified atom stereocenters. The molecule has 2 atom stereocenters. The molecule has 19 heavy (non-hydrogen) atoms. The second kappa shape index (κ2) is 7.92. The van der Waals surface area contributed by atoms with Crippen LogP contribution in [0.15, 0.2) is 24.3 Å². The van der Waals surface area contributed by atoms with Gasteiger partial charge in [0.25, 0.3) is 0 Å². The molecule has 3 N–H and O–H groups in total. The predicted octanol–water partition coefficient (Wildman–Crippen LogP) is 2.00. The molecular weight excluding hydrogens is 240 g/mol. The molecule has 0 saturated heterocycles. The van der Waals surface area contributed by atoms with E-state index >= 15 is 0 Å². The van der Waals surface area contributed by atoms with Gasteiger partial charge in [-0.2, -0.15) is 0 Å². The minimum atomic E-state index is 0.00840. The van der Waals surface area contributed by atoms with E-state index in [0.717, 1.165) is 11.1 Å². The Morgan fingerprint density at radius 2 is 1.95 bits per heavy atom. The summed E-state index contributed by atoms with van der Waals surface area (Å²) in [4.78, 5) is 11.8. The van der Waals surface area contributed by atoms with Gasteiger partial charge >= 0.3 is 0 Å². The fourth-order valence-corrected chi connectivity index (χ4v) is 1.99. The SMILES string of the molecule is COCC(C)CC(=O)NC(C)c1ccc(CN)cc1. The van der Waals surface area contributed by atoms with Crippen LogP contribution in [0, 0.1) is 5.92 Å². The molecule has 0 saturated carbocycles. The predicted molar refractivity (Wildman–Crippen MR) is 76.5 cm³/mol. The molecule has 0 aliphatic heterocycles. The van der Waals surface area contributed by atoms with Gasteiger partial charge < -0.3 is 15.8 Å². The van der Waals surface area contributed by atoms with Gasteiger partial charge in [-0.1, -0.05) is 31.2 Å². The molecular formula is C15H24N2O2. The average Bonchev–Trinajstić information content (AvgIpc) is 2.38. The van der Waals surface area contributed by atoms with E-state index in [4.69, 9.17) is 10.5 Å². The van der Waals surface area contributed by atoms with Crippen molar-refractivity contribution in [2.45, 2.75) is 32.9 Å². The Labute approximate surface area is 115 Å². The van der Waals surface area contributed by atoms with E-state index < -0.39 is 0 Å². The number of amides is 1. The maximum atomic E-state index is 11.8. The van der Waals surface area contributed by atoms with Crippen LogP contribution in [0.1, 0.15) is 37.4 Å². The van der Waals surface area contributed by atoms with Crippen molar-refractivity contribution in [1.82, 2.24) is 5.32 Å². The van der Waals surface area contributed by atoms with Gasteiger partial charge in [0.15, 0.2) is 0 Å². The number of hydrogen-bond acceptors (Lipinski definition) is 3. The van der Waals surface area contributed by atoms with Crippen LogP contribution < -0.4 is 11.1 Å². The fraction of sp³-hybridized carbons (Fsp3) is 0.533. The van der Waals surface area contributed by atoms with Crippen molar-refractivity contribution in [3.63, 3.8) is 0 Å². The lowest BCUT2D eigenvalue weighted by Crippen LogP contribution is -2.28. The molecule has 1 aromatic rings. The number of ether oxygens (including phenoxy) is 1. The Bertz CT molecular complexity index is 390. The van der Waals surface area contributed by atoms with Gasteiger partial charge in [-0.15, -0.1) is 0 Å². The summed E-state index contributed by atoms with van der Waals surface area (Å²) in [6.07, 6.45) is 0.485. The molecule has 0 aromatic heterocycles. The Hall–Kier alpha value is -1.39. The number of rotatable bonds is 7. The van der Waals surface area contributed by atoms with E-state index in [2.05, 4.69) is 5.32 Å². The van der Waals surface area contributed by atoms with Crippen molar-refractivity contribution in [2.24, 2.45) is 11.7 Å². The van der Waals surface area contributed by atoms with Gasteiger partial charge in [-0.3, -0.25) is 4.79 Å². The summed E-state index contributed by atoms with van der Waals surface area (Å²) in [6.45, 7) is 5.13. The highest BCUT2D eigenvalue weighted by Crippen LogP contribution is 2.14. The number of nitrogens with one attached hydrogen (secondary N) is 1. The smallest absolute Gasteiger partial charge is 0.220 e. The molecule has 1 aromatic carbocycles. The average molecular weight is 264 g/mol. The molecule has 1 amide bonds. The van der Waals surface area contributed by atoms with Crippen molar-refractivity contribution >= 4 is 5.91 Å². The van der Waals surface area contributed by atoms with E-state index in [9.17, 15) is 4.79 Å². The molecule has 1 rings (SSSR count). The normalized spacial score (nSPS) is 13.9. The molecule has 0 fully saturated rings. The Morgan fingerprint density at radius 1 is 1.32 bits per heavy atom. The van der Waals surface area contributed by atoms with Crippen LogP contribution in [0.25, 0.3) is 0 Å². The first-order chi connectivity index (χ1) is 9.06. The van der Waals surface area contributed by atoms with Crippen LogP contribution in [-0.2, 0) is 16.1 Å². The van der Waals surface area contributed by atoms with Crippen LogP contribution >= 0.6 is 0 Å². The summed E-state index contributed by atoms with van der Waals surface area (Å²) in [5.41, 5.74) is 7.74. The third kappa shape index (κ3) is 5.41. The lowest BCUT2D eigenvalue weighted by Gasteiger charge is -2.16. The van der Waals surface area contributed by atoms with Gasteiger partial charge in [0.05, 0.1) is 6.04 Å². The highest BCUT2D eigenvalue weighted by Gasteiger charge is 2.12. The maximum absolute atomic E-state index is 11.8. The minimum absolute atomic E-state index is 0.00840. The summed E-state index contributed by atoms with van der Waals surface area (Å²) in [5, 5.41) is 3.00. The van der Waals surface area contributed by atoms with Gasteiger partial charge in [-0.25, -0.2) is 0 Å². The van der Waals surface area contributed by atoms with E-state index in [1.165, 1.54) is 0 Å². The van der Waals surface area contributed by atoms with Crippen LogP contribution in [-0.4, -0.2) is 19.6 Å². The van der Waals surface area contributed by atoms with Gasteiger partial charge in [0, 0.05) is 26.7 Å². The van der Waals surface area contributed by atoms with Gasteiger partial charge in [-0.05, 0) is 24.0 Å². The second-order valence-corrected chi connectivity index (χ2v) is 5.00. The number of carbonyl (C=O) groups is 1. The molecule has 0 aliphatic carbocycles. The third-order valence-corrected chi connectivity index (χ3v) is 3.08. The third-order valence-electron chi connectivity index (χ3n) is 3.08. The highest BCUT2D eigenvalue weighted by atomic mass is 16.5. The number of carbonyl (C=O) groups excluding carboxylic acids is 1. The molecule has 0 spiro atoms. The maximum Gasteiger partial charge on any atom is 0.220 e. The van der Waals surface area contributed by atoms with Crippen molar-refractivity contribution < 1.29 is 9.53 Å². The molecule has 4 heteroatoms. The zero-order chi connectivity index (χ0) is 14.3. The minimum Gasteiger partial charge on any atom is -0.384 e. The first kappa shape index (κ1) is 15.7. The number of hydrogen-bond donors (Lipinski definition) is 2. The summed E-state index contributed by atoms with van der Waals surface area (Å²) in [5.74, 6) is 0.289. The van der Waals surface area contributed by atoms with E-state index in [0.29, 0.717) is 19.6 Å². The summed E-state index contributed by atoms with van der Waals surface area (Å²) in [7, 11) is 1.65. The van der Waals surface area contributed by atoms with E-state index in [-0.39, 0.29) is 17.9 Å². The van der Waals surface area contributed by atoms with Crippen molar-refractivity contribution in [1.29, 1.82) is 0 Å². The molecule has 4 nitrogen and oxygen atoms in total. The molecule has 0 heterocycles. The van der Waals surface area contributed by atoms with Crippen molar-refractivity contribution in [3.05, 3.63) is 35.4 Å². The molecule has 106 valence electrons. The van der Waals surface area contributed by atoms with Crippen molar-refractivity contribution in [2.75, 3.05) is 13.7 Å². The fourth-order valence-electron chi connectivity index (χ4n) is 1.99. The largest absolute Gasteiger partial charge is 0.384 e. The standard InChI is InChI=1S/C15H24N2O2/c1-11(10-19-3)8-15(18)17-12(2)14-6-4-13(9-16)5-7-14/h4-7,11-12H,8-10,16H2,1-3H3,(H,17,18). The molecule has 0 aliphatic rings. The number of nitrogens with two attached hydrogens (primary N) is 1. The lowest BCUT2D eigenvalue weighted by atomic mass is 10.0. The van der Waals surface area contributed by atoms with Crippen LogP contribution in [0.3, 0.4) is 0 Å². The topological polar surface area (TPSA) is 64.3 Å².